The number of nitro groups is 1. The van der Waals surface area contributed by atoms with Crippen LogP contribution in [0.1, 0.15) is 37.1 Å². The Hall–Kier alpha value is -2.37. The van der Waals surface area contributed by atoms with Crippen LogP contribution in [0.5, 0.6) is 0 Å². The zero-order valence-corrected chi connectivity index (χ0v) is 14.2. The SMILES string of the molecule is Cc1c(-c2nc(C3(N)CCCC3)no2)cc(S(N)(=O)=O)cc1[N+](=O)[O-]. The van der Waals surface area contributed by atoms with Gasteiger partial charge in [-0.15, -0.1) is 0 Å². The summed E-state index contributed by atoms with van der Waals surface area (Å²) in [4.78, 5) is 14.4. The molecule has 0 saturated heterocycles. The number of hydrogen-bond acceptors (Lipinski definition) is 8. The second kappa shape index (κ2) is 5.86. The third-order valence-electron chi connectivity index (χ3n) is 4.48. The summed E-state index contributed by atoms with van der Waals surface area (Å²) in [6.45, 7) is 1.47. The molecule has 1 heterocycles. The molecule has 0 radical (unpaired) electrons. The minimum absolute atomic E-state index is 0.0298. The first-order valence-corrected chi connectivity index (χ1v) is 9.12. The van der Waals surface area contributed by atoms with E-state index in [9.17, 15) is 18.5 Å². The molecule has 1 aromatic heterocycles. The Morgan fingerprint density at radius 3 is 2.52 bits per heavy atom. The van der Waals surface area contributed by atoms with E-state index in [4.69, 9.17) is 15.4 Å². The van der Waals surface area contributed by atoms with Crippen LogP contribution in [0, 0.1) is 17.0 Å². The maximum absolute atomic E-state index is 11.6. The standard InChI is InChI=1S/C14H17N5O5S/c1-8-10(6-9(25(16,22)23)7-11(8)19(20)21)12-17-13(18-24-12)14(15)4-2-3-5-14/h6-7H,2-5,15H2,1H3,(H2,16,22,23). The average molecular weight is 367 g/mol. The normalized spacial score (nSPS) is 16.9. The van der Waals surface area contributed by atoms with Crippen LogP contribution in [0.2, 0.25) is 0 Å². The van der Waals surface area contributed by atoms with Crippen molar-refractivity contribution >= 4 is 15.7 Å². The minimum Gasteiger partial charge on any atom is -0.334 e. The predicted molar refractivity (Wildman–Crippen MR) is 86.8 cm³/mol. The maximum Gasteiger partial charge on any atom is 0.274 e. The molecular formula is C14H17N5O5S. The van der Waals surface area contributed by atoms with Crippen LogP contribution in [0.3, 0.4) is 0 Å². The molecule has 25 heavy (non-hydrogen) atoms. The molecule has 1 aliphatic rings. The van der Waals surface area contributed by atoms with Gasteiger partial charge in [-0.25, -0.2) is 13.6 Å². The van der Waals surface area contributed by atoms with Gasteiger partial charge in [0.1, 0.15) is 0 Å². The molecular weight excluding hydrogens is 350 g/mol. The highest BCUT2D eigenvalue weighted by Gasteiger charge is 2.36. The van der Waals surface area contributed by atoms with Gasteiger partial charge >= 0.3 is 0 Å². The van der Waals surface area contributed by atoms with Crippen LogP contribution in [-0.4, -0.2) is 23.5 Å². The molecule has 0 aliphatic heterocycles. The summed E-state index contributed by atoms with van der Waals surface area (Å²) in [7, 11) is -4.15. The lowest BCUT2D eigenvalue weighted by Gasteiger charge is -2.17. The fourth-order valence-electron chi connectivity index (χ4n) is 3.01. The molecule has 134 valence electrons. The van der Waals surface area contributed by atoms with Gasteiger partial charge < -0.3 is 10.3 Å². The average Bonchev–Trinajstić information content (AvgIpc) is 3.16. The van der Waals surface area contributed by atoms with Crippen molar-refractivity contribution in [1.82, 2.24) is 10.1 Å². The topological polar surface area (TPSA) is 168 Å². The Kier molecular flexibility index (Phi) is 4.09. The van der Waals surface area contributed by atoms with Crippen LogP contribution in [0.15, 0.2) is 21.6 Å². The van der Waals surface area contributed by atoms with Crippen molar-refractivity contribution in [2.24, 2.45) is 10.9 Å². The van der Waals surface area contributed by atoms with E-state index in [1.165, 1.54) is 13.0 Å². The van der Waals surface area contributed by atoms with Crippen molar-refractivity contribution < 1.29 is 17.9 Å². The summed E-state index contributed by atoms with van der Waals surface area (Å²) in [5.41, 5.74) is 5.52. The van der Waals surface area contributed by atoms with Crippen LogP contribution >= 0.6 is 0 Å². The highest BCUT2D eigenvalue weighted by Crippen LogP contribution is 2.37. The molecule has 0 unspecified atom stereocenters. The van der Waals surface area contributed by atoms with Gasteiger partial charge in [0.05, 0.1) is 20.9 Å². The van der Waals surface area contributed by atoms with Crippen LogP contribution < -0.4 is 10.9 Å². The van der Waals surface area contributed by atoms with Crippen molar-refractivity contribution in [2.45, 2.75) is 43.0 Å². The van der Waals surface area contributed by atoms with Crippen LogP contribution in [0.4, 0.5) is 5.69 Å². The molecule has 0 bridgehead atoms. The highest BCUT2D eigenvalue weighted by molar-refractivity contribution is 7.89. The lowest BCUT2D eigenvalue weighted by atomic mass is 9.98. The van der Waals surface area contributed by atoms with Crippen molar-refractivity contribution in [3.05, 3.63) is 33.6 Å². The molecule has 0 spiro atoms. The lowest BCUT2D eigenvalue weighted by Crippen LogP contribution is -2.34. The predicted octanol–water partition coefficient (Wildman–Crippen LogP) is 1.33. The van der Waals surface area contributed by atoms with Gasteiger partial charge in [0.2, 0.25) is 10.0 Å². The van der Waals surface area contributed by atoms with Crippen molar-refractivity contribution in [1.29, 1.82) is 0 Å². The third kappa shape index (κ3) is 3.13. The number of primary sulfonamides is 1. The number of nitro benzene ring substituents is 1. The van der Waals surface area contributed by atoms with E-state index in [0.717, 1.165) is 18.9 Å². The number of sulfonamides is 1. The zero-order valence-electron chi connectivity index (χ0n) is 13.4. The summed E-state index contributed by atoms with van der Waals surface area (Å²) in [6.07, 6.45) is 3.32. The van der Waals surface area contributed by atoms with Gasteiger partial charge in [-0.1, -0.05) is 18.0 Å². The van der Waals surface area contributed by atoms with Crippen molar-refractivity contribution in [3.8, 4) is 11.5 Å². The number of aromatic nitrogens is 2. The van der Waals surface area contributed by atoms with E-state index in [1.807, 2.05) is 0 Å². The molecule has 11 heteroatoms. The first-order valence-electron chi connectivity index (χ1n) is 7.57. The van der Waals surface area contributed by atoms with Gasteiger partial charge in [-0.05, 0) is 25.8 Å². The number of benzene rings is 1. The monoisotopic (exact) mass is 367 g/mol. The number of nitrogens with two attached hydrogens (primary N) is 2. The summed E-state index contributed by atoms with van der Waals surface area (Å²) < 4.78 is 28.5. The Morgan fingerprint density at radius 2 is 1.96 bits per heavy atom. The molecule has 1 fully saturated rings. The largest absolute Gasteiger partial charge is 0.334 e. The molecule has 4 N–H and O–H groups in total. The number of nitrogens with zero attached hydrogens (tertiary/aromatic N) is 3. The Bertz CT molecular complexity index is 947. The molecule has 0 atom stereocenters. The van der Waals surface area contributed by atoms with E-state index in [2.05, 4.69) is 10.1 Å². The number of hydrogen-bond donors (Lipinski definition) is 2. The van der Waals surface area contributed by atoms with Gasteiger partial charge in [0.15, 0.2) is 5.82 Å². The summed E-state index contributed by atoms with van der Waals surface area (Å²) >= 11 is 0. The third-order valence-corrected chi connectivity index (χ3v) is 5.37. The van der Waals surface area contributed by atoms with Crippen molar-refractivity contribution in [2.75, 3.05) is 0 Å². The van der Waals surface area contributed by atoms with Crippen LogP contribution in [-0.2, 0) is 15.6 Å². The first kappa shape index (κ1) is 17.5. The molecule has 1 aliphatic carbocycles. The van der Waals surface area contributed by atoms with Gasteiger partial charge in [0, 0.05) is 11.6 Å². The first-order chi connectivity index (χ1) is 11.6. The molecule has 1 saturated carbocycles. The lowest BCUT2D eigenvalue weighted by molar-refractivity contribution is -0.385. The van der Waals surface area contributed by atoms with Crippen molar-refractivity contribution in [3.63, 3.8) is 0 Å². The minimum atomic E-state index is -4.15. The van der Waals surface area contributed by atoms with E-state index in [1.54, 1.807) is 0 Å². The molecule has 1 aromatic carbocycles. The molecule has 3 rings (SSSR count). The van der Waals surface area contributed by atoms with E-state index < -0.39 is 31.1 Å². The number of rotatable bonds is 4. The van der Waals surface area contributed by atoms with Gasteiger partial charge in [0.25, 0.3) is 11.6 Å². The van der Waals surface area contributed by atoms with Gasteiger partial charge in [-0.3, -0.25) is 10.1 Å². The van der Waals surface area contributed by atoms with Gasteiger partial charge in [-0.2, -0.15) is 4.98 Å². The Balaban J connectivity index is 2.15. The maximum atomic E-state index is 11.6. The van der Waals surface area contributed by atoms with E-state index in [0.29, 0.717) is 18.7 Å². The van der Waals surface area contributed by atoms with E-state index >= 15 is 0 Å². The summed E-state index contributed by atoms with van der Waals surface area (Å²) in [5, 5.41) is 20.2. The summed E-state index contributed by atoms with van der Waals surface area (Å²) in [6, 6.07) is 2.10. The summed E-state index contributed by atoms with van der Waals surface area (Å²) in [5.74, 6) is 0.279. The second-order valence-electron chi connectivity index (χ2n) is 6.20. The molecule has 10 nitrogen and oxygen atoms in total. The zero-order chi connectivity index (χ0) is 18.4. The van der Waals surface area contributed by atoms with E-state index in [-0.39, 0.29) is 17.0 Å². The highest BCUT2D eigenvalue weighted by atomic mass is 32.2. The molecule has 2 aromatic rings. The second-order valence-corrected chi connectivity index (χ2v) is 7.76. The smallest absolute Gasteiger partial charge is 0.274 e. The Labute approximate surface area is 143 Å². The fourth-order valence-corrected chi connectivity index (χ4v) is 3.57. The fraction of sp³-hybridized carbons (Fsp3) is 0.429. The quantitative estimate of drug-likeness (QED) is 0.602. The Morgan fingerprint density at radius 1 is 1.32 bits per heavy atom. The molecule has 0 amide bonds. The van der Waals surface area contributed by atoms with Crippen LogP contribution in [0.25, 0.3) is 11.5 Å².